The number of halogens is 1. The van der Waals surface area contributed by atoms with E-state index in [0.717, 1.165) is 19.5 Å². The molecule has 0 aromatic carbocycles. The zero-order chi connectivity index (χ0) is 17.9. The van der Waals surface area contributed by atoms with Crippen molar-refractivity contribution in [3.63, 3.8) is 0 Å². The number of hydrogen-bond acceptors (Lipinski definition) is 8. The molecule has 1 aromatic rings. The predicted molar refractivity (Wildman–Crippen MR) is 95.5 cm³/mol. The molecule has 2 aliphatic heterocycles. The van der Waals surface area contributed by atoms with Gasteiger partial charge in [0.2, 0.25) is 17.2 Å². The maximum Gasteiger partial charge on any atom is 0.232 e. The molecular formula is C16H26ClN5O3. The Morgan fingerprint density at radius 1 is 1.16 bits per heavy atom. The highest BCUT2D eigenvalue weighted by Crippen LogP contribution is 2.27. The molecule has 3 heterocycles. The van der Waals surface area contributed by atoms with Crippen LogP contribution in [0, 0.1) is 0 Å². The number of morpholine rings is 2. The summed E-state index contributed by atoms with van der Waals surface area (Å²) in [6, 6.07) is 0.165. The topological polar surface area (TPSA) is 72.8 Å². The van der Waals surface area contributed by atoms with Crippen LogP contribution in [-0.2, 0) is 14.2 Å². The van der Waals surface area contributed by atoms with E-state index in [9.17, 15) is 0 Å². The second-order valence-electron chi connectivity index (χ2n) is 6.92. The Labute approximate surface area is 153 Å². The molecule has 0 amide bonds. The van der Waals surface area contributed by atoms with Gasteiger partial charge in [0, 0.05) is 26.8 Å². The average molecular weight is 372 g/mol. The summed E-state index contributed by atoms with van der Waals surface area (Å²) in [7, 11) is 1.70. The van der Waals surface area contributed by atoms with Crippen LogP contribution in [0.2, 0.25) is 5.28 Å². The Kier molecular flexibility index (Phi) is 5.93. The lowest BCUT2D eigenvalue weighted by molar-refractivity contribution is 0.0632. The van der Waals surface area contributed by atoms with Crippen molar-refractivity contribution in [2.75, 3.05) is 63.0 Å². The average Bonchev–Trinajstić information content (AvgIpc) is 2.59. The van der Waals surface area contributed by atoms with Crippen LogP contribution < -0.4 is 9.80 Å². The maximum atomic E-state index is 6.23. The number of anilines is 2. The van der Waals surface area contributed by atoms with E-state index in [-0.39, 0.29) is 16.9 Å². The van der Waals surface area contributed by atoms with Gasteiger partial charge in [0.05, 0.1) is 38.0 Å². The predicted octanol–water partition coefficient (Wildman–Crippen LogP) is 1.38. The summed E-state index contributed by atoms with van der Waals surface area (Å²) in [5.41, 5.74) is -0.194. The molecule has 0 aliphatic carbocycles. The third-order valence-electron chi connectivity index (χ3n) is 4.61. The molecular weight excluding hydrogens is 346 g/mol. The standard InChI is InChI=1S/C16H26ClN5O3/c1-16(2)11-25-9-6-22(16)15-19-13(17)18-14(20-15)21-5-8-24-10-12(21)4-7-23-3/h12H,4-11H2,1-3H3/t12-/m1/s1. The molecule has 8 nitrogen and oxygen atoms in total. The van der Waals surface area contributed by atoms with Gasteiger partial charge in [-0.15, -0.1) is 0 Å². The monoisotopic (exact) mass is 371 g/mol. The Morgan fingerprint density at radius 3 is 2.68 bits per heavy atom. The van der Waals surface area contributed by atoms with Gasteiger partial charge in [0.25, 0.3) is 0 Å². The van der Waals surface area contributed by atoms with Crippen LogP contribution in [-0.4, -0.2) is 79.8 Å². The van der Waals surface area contributed by atoms with Crippen LogP contribution in [0.4, 0.5) is 11.9 Å². The van der Waals surface area contributed by atoms with E-state index in [1.165, 1.54) is 0 Å². The molecule has 0 unspecified atom stereocenters. The van der Waals surface area contributed by atoms with Crippen LogP contribution in [0.15, 0.2) is 0 Å². The smallest absolute Gasteiger partial charge is 0.232 e. The van der Waals surface area contributed by atoms with Gasteiger partial charge >= 0.3 is 0 Å². The Hall–Kier alpha value is -1.22. The van der Waals surface area contributed by atoms with E-state index in [2.05, 4.69) is 33.6 Å². The van der Waals surface area contributed by atoms with E-state index in [1.807, 2.05) is 0 Å². The first kappa shape index (κ1) is 18.6. The van der Waals surface area contributed by atoms with E-state index in [4.69, 9.17) is 30.8 Å². The minimum Gasteiger partial charge on any atom is -0.385 e. The molecule has 3 rings (SSSR count). The Bertz CT molecular complexity index is 589. The summed E-state index contributed by atoms with van der Waals surface area (Å²) in [5.74, 6) is 1.20. The fourth-order valence-corrected chi connectivity index (χ4v) is 3.37. The third-order valence-corrected chi connectivity index (χ3v) is 4.78. The molecule has 1 atom stereocenters. The van der Waals surface area contributed by atoms with Gasteiger partial charge in [-0.1, -0.05) is 0 Å². The van der Waals surface area contributed by atoms with Gasteiger partial charge in [-0.2, -0.15) is 15.0 Å². The fourth-order valence-electron chi connectivity index (χ4n) is 3.22. The molecule has 9 heteroatoms. The lowest BCUT2D eigenvalue weighted by atomic mass is 10.0. The first-order valence-corrected chi connectivity index (χ1v) is 8.99. The van der Waals surface area contributed by atoms with E-state index < -0.39 is 0 Å². The van der Waals surface area contributed by atoms with Gasteiger partial charge in [0.15, 0.2) is 0 Å². The molecule has 2 saturated heterocycles. The molecule has 25 heavy (non-hydrogen) atoms. The molecule has 1 aromatic heterocycles. The third kappa shape index (κ3) is 4.31. The SMILES string of the molecule is COCC[C@@H]1COCCN1c1nc(Cl)nc(N2CCOCC2(C)C)n1. The summed E-state index contributed by atoms with van der Waals surface area (Å²) in [5, 5.41) is 0.208. The van der Waals surface area contributed by atoms with Crippen molar-refractivity contribution in [2.24, 2.45) is 0 Å². The second kappa shape index (κ2) is 7.99. The zero-order valence-electron chi connectivity index (χ0n) is 15.1. The summed E-state index contributed by atoms with van der Waals surface area (Å²) >= 11 is 6.23. The van der Waals surface area contributed by atoms with Gasteiger partial charge in [-0.25, -0.2) is 0 Å². The van der Waals surface area contributed by atoms with Crippen LogP contribution in [0.25, 0.3) is 0 Å². The molecule has 0 N–H and O–H groups in total. The number of methoxy groups -OCH3 is 1. The first-order chi connectivity index (χ1) is 12.0. The van der Waals surface area contributed by atoms with E-state index >= 15 is 0 Å². The number of nitrogens with zero attached hydrogens (tertiary/aromatic N) is 5. The van der Waals surface area contributed by atoms with Crippen LogP contribution in [0.1, 0.15) is 20.3 Å². The van der Waals surface area contributed by atoms with Gasteiger partial charge in [0.1, 0.15) is 0 Å². The van der Waals surface area contributed by atoms with Crippen LogP contribution in [0.3, 0.4) is 0 Å². The van der Waals surface area contributed by atoms with Crippen molar-refractivity contribution in [2.45, 2.75) is 31.8 Å². The highest BCUT2D eigenvalue weighted by Gasteiger charge is 2.34. The minimum atomic E-state index is -0.194. The molecule has 2 fully saturated rings. The van der Waals surface area contributed by atoms with Crippen molar-refractivity contribution in [3.8, 4) is 0 Å². The van der Waals surface area contributed by atoms with Gasteiger partial charge in [-0.05, 0) is 31.9 Å². The normalized spacial score (nSPS) is 23.8. The Morgan fingerprint density at radius 2 is 1.92 bits per heavy atom. The zero-order valence-corrected chi connectivity index (χ0v) is 15.8. The molecule has 2 aliphatic rings. The lowest BCUT2D eigenvalue weighted by Gasteiger charge is -2.42. The Balaban J connectivity index is 1.87. The van der Waals surface area contributed by atoms with Crippen molar-refractivity contribution < 1.29 is 14.2 Å². The molecule has 0 spiro atoms. The first-order valence-electron chi connectivity index (χ1n) is 8.61. The van der Waals surface area contributed by atoms with E-state index in [1.54, 1.807) is 7.11 Å². The van der Waals surface area contributed by atoms with Gasteiger partial charge < -0.3 is 24.0 Å². The lowest BCUT2D eigenvalue weighted by Crippen LogP contribution is -2.54. The van der Waals surface area contributed by atoms with Crippen molar-refractivity contribution in [3.05, 3.63) is 5.28 Å². The number of hydrogen-bond donors (Lipinski definition) is 0. The quantitative estimate of drug-likeness (QED) is 0.768. The van der Waals surface area contributed by atoms with Crippen LogP contribution >= 0.6 is 11.6 Å². The fraction of sp³-hybridized carbons (Fsp3) is 0.812. The molecule has 0 radical (unpaired) electrons. The highest BCUT2D eigenvalue weighted by atomic mass is 35.5. The number of rotatable bonds is 5. The maximum absolute atomic E-state index is 6.23. The van der Waals surface area contributed by atoms with Crippen LogP contribution in [0.5, 0.6) is 0 Å². The molecule has 0 bridgehead atoms. The largest absolute Gasteiger partial charge is 0.385 e. The molecule has 0 saturated carbocycles. The van der Waals surface area contributed by atoms with Crippen molar-refractivity contribution in [1.82, 2.24) is 15.0 Å². The number of aromatic nitrogens is 3. The van der Waals surface area contributed by atoms with Crippen molar-refractivity contribution >= 4 is 23.5 Å². The van der Waals surface area contributed by atoms with Crippen molar-refractivity contribution in [1.29, 1.82) is 0 Å². The second-order valence-corrected chi connectivity index (χ2v) is 7.26. The molecule has 140 valence electrons. The van der Waals surface area contributed by atoms with E-state index in [0.29, 0.717) is 44.9 Å². The minimum absolute atomic E-state index is 0.165. The number of ether oxygens (including phenoxy) is 3. The summed E-state index contributed by atoms with van der Waals surface area (Å²) in [6.07, 6.45) is 0.845. The summed E-state index contributed by atoms with van der Waals surface area (Å²) < 4.78 is 16.4. The van der Waals surface area contributed by atoms with Gasteiger partial charge in [-0.3, -0.25) is 0 Å². The highest BCUT2D eigenvalue weighted by molar-refractivity contribution is 6.28. The summed E-state index contributed by atoms with van der Waals surface area (Å²) in [6.45, 7) is 8.88. The summed E-state index contributed by atoms with van der Waals surface area (Å²) in [4.78, 5) is 17.8.